The van der Waals surface area contributed by atoms with E-state index < -0.39 is 0 Å². The van der Waals surface area contributed by atoms with Crippen LogP contribution in [0.5, 0.6) is 5.75 Å². The number of carbonyl (C=O) groups excluding carboxylic acids is 1. The lowest BCUT2D eigenvalue weighted by Crippen LogP contribution is -2.21. The van der Waals surface area contributed by atoms with Crippen molar-refractivity contribution in [2.75, 3.05) is 18.2 Å². The summed E-state index contributed by atoms with van der Waals surface area (Å²) < 4.78 is 6.04. The van der Waals surface area contributed by atoms with Crippen molar-refractivity contribution in [3.05, 3.63) is 52.5 Å². The van der Waals surface area contributed by atoms with Gasteiger partial charge in [0, 0.05) is 21.2 Å². The van der Waals surface area contributed by atoms with E-state index in [1.54, 1.807) is 18.9 Å². The molecule has 1 atom stereocenters. The second kappa shape index (κ2) is 6.12. The first kappa shape index (κ1) is 14.5. The number of hydrogen-bond donors (Lipinski definition) is 1. The number of rotatable bonds is 3. The minimum Gasteiger partial charge on any atom is -0.497 e. The maximum atomic E-state index is 12.5. The molecule has 108 valence electrons. The van der Waals surface area contributed by atoms with Gasteiger partial charge in [-0.25, -0.2) is 0 Å². The van der Waals surface area contributed by atoms with Gasteiger partial charge in [-0.05, 0) is 39.7 Å². The van der Waals surface area contributed by atoms with Gasteiger partial charge in [0.2, 0.25) is 5.91 Å². The first-order valence-corrected chi connectivity index (χ1v) is 8.33. The van der Waals surface area contributed by atoms with Gasteiger partial charge in [-0.2, -0.15) is 0 Å². The predicted molar refractivity (Wildman–Crippen MR) is 89.2 cm³/mol. The molecule has 1 amide bonds. The number of thioether (sulfide) groups is 1. The molecule has 0 saturated carbocycles. The van der Waals surface area contributed by atoms with Crippen LogP contribution in [0.25, 0.3) is 0 Å². The zero-order valence-corrected chi connectivity index (χ0v) is 13.8. The van der Waals surface area contributed by atoms with Crippen LogP contribution < -0.4 is 10.1 Å². The molecular weight excluding hydrogens is 350 g/mol. The number of methoxy groups -OCH3 is 1. The summed E-state index contributed by atoms with van der Waals surface area (Å²) in [6.45, 7) is 0. The fourth-order valence-corrected chi connectivity index (χ4v) is 3.90. The monoisotopic (exact) mass is 363 g/mol. The predicted octanol–water partition coefficient (Wildman–Crippen LogP) is 4.29. The number of ether oxygens (including phenoxy) is 1. The number of carbonyl (C=O) groups is 1. The van der Waals surface area contributed by atoms with Gasteiger partial charge in [0.25, 0.3) is 0 Å². The third-order valence-electron chi connectivity index (χ3n) is 3.45. The van der Waals surface area contributed by atoms with Crippen LogP contribution in [0.4, 0.5) is 5.69 Å². The molecule has 1 unspecified atom stereocenters. The van der Waals surface area contributed by atoms with Gasteiger partial charge >= 0.3 is 0 Å². The summed E-state index contributed by atoms with van der Waals surface area (Å²) in [5.74, 6) is 1.41. The van der Waals surface area contributed by atoms with Crippen molar-refractivity contribution in [3.8, 4) is 5.75 Å². The van der Waals surface area contributed by atoms with Crippen LogP contribution in [0.1, 0.15) is 11.5 Å². The molecule has 0 bridgehead atoms. The summed E-state index contributed by atoms with van der Waals surface area (Å²) in [5.41, 5.74) is 1.84. The number of anilines is 1. The summed E-state index contributed by atoms with van der Waals surface area (Å²) in [7, 11) is 1.61. The van der Waals surface area contributed by atoms with Gasteiger partial charge in [0.1, 0.15) is 5.75 Å². The van der Waals surface area contributed by atoms with Crippen molar-refractivity contribution in [1.29, 1.82) is 0 Å². The Bertz CT molecular complexity index is 690. The van der Waals surface area contributed by atoms with Crippen molar-refractivity contribution in [2.45, 2.75) is 10.8 Å². The Morgan fingerprint density at radius 3 is 2.95 bits per heavy atom. The fourth-order valence-electron chi connectivity index (χ4n) is 2.33. The lowest BCUT2D eigenvalue weighted by Gasteiger charge is -2.13. The molecule has 2 aromatic carbocycles. The van der Waals surface area contributed by atoms with Crippen LogP contribution >= 0.6 is 27.7 Å². The molecule has 0 spiro atoms. The smallest absolute Gasteiger partial charge is 0.232 e. The van der Waals surface area contributed by atoms with Crippen molar-refractivity contribution in [1.82, 2.24) is 0 Å². The minimum atomic E-state index is -0.107. The maximum absolute atomic E-state index is 12.5. The van der Waals surface area contributed by atoms with E-state index in [-0.39, 0.29) is 11.8 Å². The number of amides is 1. The second-order valence-electron chi connectivity index (χ2n) is 4.74. The van der Waals surface area contributed by atoms with Crippen molar-refractivity contribution < 1.29 is 9.53 Å². The lowest BCUT2D eigenvalue weighted by atomic mass is 10.0. The SMILES string of the molecule is COc1ccc(Br)c(NC(=O)C2CSc3ccccc32)c1. The van der Waals surface area contributed by atoms with E-state index in [0.717, 1.165) is 27.2 Å². The van der Waals surface area contributed by atoms with E-state index in [9.17, 15) is 4.79 Å². The second-order valence-corrected chi connectivity index (χ2v) is 6.65. The van der Waals surface area contributed by atoms with Crippen LogP contribution in [0.15, 0.2) is 51.8 Å². The molecule has 0 radical (unpaired) electrons. The van der Waals surface area contributed by atoms with Gasteiger partial charge < -0.3 is 10.1 Å². The first-order valence-electron chi connectivity index (χ1n) is 6.55. The van der Waals surface area contributed by atoms with E-state index in [4.69, 9.17) is 4.74 Å². The van der Waals surface area contributed by atoms with E-state index in [1.165, 1.54) is 4.90 Å². The molecule has 0 fully saturated rings. The summed E-state index contributed by atoms with van der Waals surface area (Å²) in [6.07, 6.45) is 0. The highest BCUT2D eigenvalue weighted by Crippen LogP contribution is 2.40. The maximum Gasteiger partial charge on any atom is 0.232 e. The highest BCUT2D eigenvalue weighted by atomic mass is 79.9. The number of halogens is 1. The Morgan fingerprint density at radius 1 is 1.33 bits per heavy atom. The molecule has 1 aliphatic heterocycles. The van der Waals surface area contributed by atoms with Gasteiger partial charge in [-0.15, -0.1) is 11.8 Å². The van der Waals surface area contributed by atoms with Gasteiger partial charge in [-0.1, -0.05) is 18.2 Å². The molecule has 1 aliphatic rings. The van der Waals surface area contributed by atoms with Crippen molar-refractivity contribution in [2.24, 2.45) is 0 Å². The molecule has 2 aromatic rings. The number of benzene rings is 2. The number of fused-ring (bicyclic) bond motifs is 1. The fraction of sp³-hybridized carbons (Fsp3) is 0.188. The Kier molecular flexibility index (Phi) is 4.22. The van der Waals surface area contributed by atoms with Crippen LogP contribution in [-0.4, -0.2) is 18.8 Å². The lowest BCUT2D eigenvalue weighted by molar-refractivity contribution is -0.117. The van der Waals surface area contributed by atoms with E-state index >= 15 is 0 Å². The third kappa shape index (κ3) is 2.94. The normalized spacial score (nSPS) is 16.4. The molecular formula is C16H14BrNO2S. The Balaban J connectivity index is 1.82. The molecule has 21 heavy (non-hydrogen) atoms. The van der Waals surface area contributed by atoms with Crippen LogP contribution in [-0.2, 0) is 4.79 Å². The van der Waals surface area contributed by atoms with E-state index in [1.807, 2.05) is 36.4 Å². The van der Waals surface area contributed by atoms with Gasteiger partial charge in [0.15, 0.2) is 0 Å². The quantitative estimate of drug-likeness (QED) is 0.883. The highest BCUT2D eigenvalue weighted by Gasteiger charge is 2.29. The zero-order chi connectivity index (χ0) is 14.8. The Morgan fingerprint density at radius 2 is 2.14 bits per heavy atom. The summed E-state index contributed by atoms with van der Waals surface area (Å²) in [6, 6.07) is 13.6. The number of nitrogens with one attached hydrogen (secondary N) is 1. The standard InChI is InChI=1S/C16H14BrNO2S/c1-20-10-6-7-13(17)14(8-10)18-16(19)12-9-21-15-5-3-2-4-11(12)15/h2-8,12H,9H2,1H3,(H,18,19). The topological polar surface area (TPSA) is 38.3 Å². The molecule has 3 rings (SSSR count). The zero-order valence-electron chi connectivity index (χ0n) is 11.4. The number of hydrogen-bond acceptors (Lipinski definition) is 3. The average molecular weight is 364 g/mol. The largest absolute Gasteiger partial charge is 0.497 e. The summed E-state index contributed by atoms with van der Waals surface area (Å²) in [4.78, 5) is 13.7. The third-order valence-corrected chi connectivity index (χ3v) is 5.32. The average Bonchev–Trinajstić information content (AvgIpc) is 2.93. The molecule has 0 aliphatic carbocycles. The molecule has 1 N–H and O–H groups in total. The molecule has 0 aromatic heterocycles. The van der Waals surface area contributed by atoms with Crippen LogP contribution in [0.2, 0.25) is 0 Å². The van der Waals surface area contributed by atoms with Gasteiger partial charge in [0.05, 0.1) is 18.7 Å². The Labute approximate surface area is 136 Å². The first-order chi connectivity index (χ1) is 10.2. The van der Waals surface area contributed by atoms with Crippen LogP contribution in [0, 0.1) is 0 Å². The van der Waals surface area contributed by atoms with Crippen molar-refractivity contribution in [3.63, 3.8) is 0 Å². The molecule has 1 heterocycles. The van der Waals surface area contributed by atoms with Crippen LogP contribution in [0.3, 0.4) is 0 Å². The van der Waals surface area contributed by atoms with E-state index in [0.29, 0.717) is 0 Å². The molecule has 5 heteroatoms. The molecule has 3 nitrogen and oxygen atoms in total. The summed E-state index contributed by atoms with van der Waals surface area (Å²) >= 11 is 5.18. The molecule has 0 saturated heterocycles. The van der Waals surface area contributed by atoms with Crippen molar-refractivity contribution >= 4 is 39.3 Å². The highest BCUT2D eigenvalue weighted by molar-refractivity contribution is 9.10. The Hall–Kier alpha value is -1.46. The van der Waals surface area contributed by atoms with E-state index in [2.05, 4.69) is 27.3 Å². The van der Waals surface area contributed by atoms with Gasteiger partial charge in [-0.3, -0.25) is 4.79 Å². The minimum absolute atomic E-state index is 0.0152. The summed E-state index contributed by atoms with van der Waals surface area (Å²) in [5, 5.41) is 2.99.